The lowest BCUT2D eigenvalue weighted by Gasteiger charge is -2.69. The second-order valence-electron chi connectivity index (χ2n) is 16.8. The highest BCUT2D eigenvalue weighted by Gasteiger charge is 2.65. The molecule has 230 valence electrons. The Hall–Kier alpha value is -2.07. The minimum Gasteiger partial charge on any atom is -0.497 e. The van der Waals surface area contributed by atoms with Crippen LogP contribution in [0.25, 0.3) is 0 Å². The molecular formula is C38H54O4. The number of aliphatic hydroxyl groups is 1. The molecule has 0 aliphatic heterocycles. The zero-order chi connectivity index (χ0) is 30.3. The summed E-state index contributed by atoms with van der Waals surface area (Å²) in [5.41, 5.74) is 4.58. The molecule has 0 spiro atoms. The predicted molar refractivity (Wildman–Crippen MR) is 168 cm³/mol. The zero-order valence-electron chi connectivity index (χ0n) is 27.4. The van der Waals surface area contributed by atoms with Crippen LogP contribution >= 0.6 is 0 Å². The lowest BCUT2D eigenvalue weighted by molar-refractivity contribution is -0.155. The SMILES string of the molecule is COc1ccc(C(=O)O[C@@H]2CC[C@]3(C)C4=C(C=C[C@H]3C2(C)C)[C@@]2(C)CC[C@@]3(C)CC[C@@](C)(CO)C[C@H]3[C@]2(C)CC4)cc1. The molecule has 1 aromatic rings. The number of carbonyl (C=O) groups is 1. The van der Waals surface area contributed by atoms with Gasteiger partial charge in [0.2, 0.25) is 0 Å². The van der Waals surface area contributed by atoms with Crippen LogP contribution in [-0.4, -0.2) is 30.9 Å². The van der Waals surface area contributed by atoms with Crippen molar-refractivity contribution in [2.24, 2.45) is 44.3 Å². The van der Waals surface area contributed by atoms with Crippen molar-refractivity contribution in [1.29, 1.82) is 0 Å². The van der Waals surface area contributed by atoms with Crippen molar-refractivity contribution in [3.8, 4) is 5.75 Å². The Bertz CT molecular complexity index is 1310. The molecule has 0 saturated heterocycles. The molecule has 0 aromatic heterocycles. The molecule has 3 fully saturated rings. The molecule has 4 heteroatoms. The molecule has 1 aromatic carbocycles. The first-order valence-electron chi connectivity index (χ1n) is 16.5. The summed E-state index contributed by atoms with van der Waals surface area (Å²) in [6, 6.07) is 7.23. The van der Waals surface area contributed by atoms with Gasteiger partial charge < -0.3 is 14.6 Å². The molecule has 3 saturated carbocycles. The number of rotatable bonds is 4. The summed E-state index contributed by atoms with van der Waals surface area (Å²) in [5, 5.41) is 10.4. The standard InChI is InChI=1S/C38H54O4/c1-33(2)29-14-13-28-27(36(29,5)17-16-31(33)42-32(40)25-9-11-26(41-8)12-10-25)15-18-38(7)30-23-34(3,24-39)19-20-35(30,4)21-22-37(28,38)6/h9-14,29-31,39H,15-24H2,1-8H3/t29-,30+,31+,34+,35+,36+,37+,38-/m0/s1. The first-order chi connectivity index (χ1) is 19.7. The fourth-order valence-corrected chi connectivity index (χ4v) is 11.0. The molecule has 4 nitrogen and oxygen atoms in total. The van der Waals surface area contributed by atoms with Crippen molar-refractivity contribution in [1.82, 2.24) is 0 Å². The smallest absolute Gasteiger partial charge is 0.338 e. The van der Waals surface area contributed by atoms with E-state index in [4.69, 9.17) is 9.47 Å². The van der Waals surface area contributed by atoms with E-state index in [-0.39, 0.29) is 39.1 Å². The summed E-state index contributed by atoms with van der Waals surface area (Å²) in [4.78, 5) is 13.2. The summed E-state index contributed by atoms with van der Waals surface area (Å²) in [5.74, 6) is 1.45. The topological polar surface area (TPSA) is 55.8 Å². The van der Waals surface area contributed by atoms with Gasteiger partial charge in [0.15, 0.2) is 0 Å². The number of aliphatic hydroxyl groups excluding tert-OH is 1. The molecule has 1 N–H and O–H groups in total. The van der Waals surface area contributed by atoms with E-state index in [1.54, 1.807) is 30.4 Å². The fourth-order valence-electron chi connectivity index (χ4n) is 11.0. The van der Waals surface area contributed by atoms with Gasteiger partial charge in [0.05, 0.1) is 12.7 Å². The number of hydrogen-bond donors (Lipinski definition) is 1. The van der Waals surface area contributed by atoms with E-state index in [2.05, 4.69) is 60.6 Å². The van der Waals surface area contributed by atoms with Gasteiger partial charge in [0, 0.05) is 12.0 Å². The average Bonchev–Trinajstić information content (AvgIpc) is 2.96. The van der Waals surface area contributed by atoms with Gasteiger partial charge in [-0.25, -0.2) is 4.79 Å². The Labute approximate surface area is 254 Å². The van der Waals surface area contributed by atoms with Gasteiger partial charge in [-0.1, -0.05) is 66.2 Å². The third-order valence-corrected chi connectivity index (χ3v) is 14.2. The molecular weight excluding hydrogens is 520 g/mol. The Kier molecular flexibility index (Phi) is 6.93. The summed E-state index contributed by atoms with van der Waals surface area (Å²) >= 11 is 0. The van der Waals surface area contributed by atoms with Crippen molar-refractivity contribution in [3.05, 3.63) is 53.1 Å². The minimum absolute atomic E-state index is 0.0469. The molecule has 5 aliphatic rings. The molecule has 0 unspecified atom stereocenters. The van der Waals surface area contributed by atoms with Gasteiger partial charge in [-0.3, -0.25) is 0 Å². The number of benzene rings is 1. The number of allylic oxidation sites excluding steroid dienone is 4. The molecule has 42 heavy (non-hydrogen) atoms. The van der Waals surface area contributed by atoms with E-state index in [0.717, 1.165) is 37.9 Å². The van der Waals surface area contributed by atoms with Gasteiger partial charge in [-0.15, -0.1) is 0 Å². The summed E-state index contributed by atoms with van der Waals surface area (Å²) < 4.78 is 11.5. The third kappa shape index (κ3) is 4.13. The van der Waals surface area contributed by atoms with Crippen molar-refractivity contribution in [2.45, 2.75) is 112 Å². The highest BCUT2D eigenvalue weighted by Crippen LogP contribution is 2.74. The first kappa shape index (κ1) is 30.0. The van der Waals surface area contributed by atoms with Crippen molar-refractivity contribution in [3.63, 3.8) is 0 Å². The maximum atomic E-state index is 13.2. The predicted octanol–water partition coefficient (Wildman–Crippen LogP) is 8.93. The van der Waals surface area contributed by atoms with Crippen LogP contribution < -0.4 is 4.74 Å². The van der Waals surface area contributed by atoms with E-state index in [9.17, 15) is 9.90 Å². The number of hydrogen-bond acceptors (Lipinski definition) is 4. The first-order valence-corrected chi connectivity index (χ1v) is 16.5. The van der Waals surface area contributed by atoms with E-state index in [1.807, 2.05) is 12.1 Å². The lowest BCUT2D eigenvalue weighted by Crippen LogP contribution is -2.60. The van der Waals surface area contributed by atoms with Crippen LogP contribution in [0.2, 0.25) is 0 Å². The van der Waals surface area contributed by atoms with Crippen molar-refractivity contribution < 1.29 is 19.4 Å². The van der Waals surface area contributed by atoms with Crippen LogP contribution in [0.1, 0.15) is 117 Å². The third-order valence-electron chi connectivity index (χ3n) is 14.2. The van der Waals surface area contributed by atoms with E-state index in [0.29, 0.717) is 29.4 Å². The molecule has 0 amide bonds. The largest absolute Gasteiger partial charge is 0.497 e. The molecule has 0 heterocycles. The van der Waals surface area contributed by atoms with Crippen LogP contribution in [-0.2, 0) is 4.74 Å². The Morgan fingerprint density at radius 3 is 2.29 bits per heavy atom. The second kappa shape index (κ2) is 9.71. The number of esters is 1. The highest BCUT2D eigenvalue weighted by atomic mass is 16.5. The van der Waals surface area contributed by atoms with Gasteiger partial charge in [-0.2, -0.15) is 0 Å². The number of carbonyl (C=O) groups excluding carboxylic acids is 1. The van der Waals surface area contributed by atoms with Crippen LogP contribution in [0, 0.1) is 44.3 Å². The van der Waals surface area contributed by atoms with Gasteiger partial charge >= 0.3 is 5.97 Å². The second-order valence-corrected chi connectivity index (χ2v) is 16.8. The molecule has 5 aliphatic carbocycles. The summed E-state index contributed by atoms with van der Waals surface area (Å²) in [6.07, 6.45) is 15.3. The summed E-state index contributed by atoms with van der Waals surface area (Å²) in [7, 11) is 1.63. The average molecular weight is 575 g/mol. The summed E-state index contributed by atoms with van der Waals surface area (Å²) in [6.45, 7) is 17.5. The molecule has 6 rings (SSSR count). The lowest BCUT2D eigenvalue weighted by atomic mass is 9.36. The number of ether oxygens (including phenoxy) is 2. The molecule has 8 atom stereocenters. The van der Waals surface area contributed by atoms with Crippen LogP contribution in [0.4, 0.5) is 0 Å². The maximum absolute atomic E-state index is 13.2. The van der Waals surface area contributed by atoms with Crippen molar-refractivity contribution >= 4 is 5.97 Å². The van der Waals surface area contributed by atoms with Crippen molar-refractivity contribution in [2.75, 3.05) is 13.7 Å². The van der Waals surface area contributed by atoms with Crippen LogP contribution in [0.5, 0.6) is 5.75 Å². The Balaban J connectivity index is 1.29. The highest BCUT2D eigenvalue weighted by molar-refractivity contribution is 5.89. The molecule has 0 bridgehead atoms. The number of methoxy groups -OCH3 is 1. The van der Waals surface area contributed by atoms with Gasteiger partial charge in [0.1, 0.15) is 11.9 Å². The quantitative estimate of drug-likeness (QED) is 0.365. The Morgan fingerprint density at radius 2 is 1.62 bits per heavy atom. The number of fused-ring (bicyclic) bond motifs is 6. The van der Waals surface area contributed by atoms with E-state index in [1.165, 1.54) is 25.7 Å². The maximum Gasteiger partial charge on any atom is 0.338 e. The van der Waals surface area contributed by atoms with Crippen LogP contribution in [0.15, 0.2) is 47.6 Å². The van der Waals surface area contributed by atoms with Gasteiger partial charge in [-0.05, 0) is 127 Å². The fraction of sp³-hybridized carbons (Fsp3) is 0.711. The zero-order valence-corrected chi connectivity index (χ0v) is 27.4. The van der Waals surface area contributed by atoms with Gasteiger partial charge in [0.25, 0.3) is 0 Å². The Morgan fingerprint density at radius 1 is 0.929 bits per heavy atom. The minimum atomic E-state index is -0.243. The van der Waals surface area contributed by atoms with E-state index < -0.39 is 0 Å². The molecule has 0 radical (unpaired) electrons. The van der Waals surface area contributed by atoms with Crippen LogP contribution in [0.3, 0.4) is 0 Å². The monoisotopic (exact) mass is 574 g/mol. The van der Waals surface area contributed by atoms with E-state index >= 15 is 0 Å². The normalized spacial score (nSPS) is 43.9.